The molecule has 1 aromatic heterocycles. The van der Waals surface area contributed by atoms with Gasteiger partial charge < -0.3 is 14.2 Å². The van der Waals surface area contributed by atoms with E-state index in [9.17, 15) is 9.59 Å². The molecule has 0 N–H and O–H groups in total. The third kappa shape index (κ3) is 3.95. The fourth-order valence-electron chi connectivity index (χ4n) is 2.25. The van der Waals surface area contributed by atoms with Crippen molar-refractivity contribution in [3.8, 4) is 11.5 Å². The number of hydrogen-bond acceptors (Lipinski definition) is 7. The Morgan fingerprint density at radius 1 is 1.42 bits per heavy atom. The highest BCUT2D eigenvalue weighted by Crippen LogP contribution is 2.37. The minimum atomic E-state index is -0.549. The molecule has 0 fully saturated rings. The Morgan fingerprint density at radius 2 is 2.23 bits per heavy atom. The maximum Gasteiger partial charge on any atom is 0.363 e. The van der Waals surface area contributed by atoms with E-state index in [-0.39, 0.29) is 22.4 Å². The molecule has 0 saturated heterocycles. The molecule has 2 heterocycles. The third-order valence-corrected chi connectivity index (χ3v) is 4.37. The van der Waals surface area contributed by atoms with Gasteiger partial charge in [-0.1, -0.05) is 17.7 Å². The summed E-state index contributed by atoms with van der Waals surface area (Å²) in [5.41, 5.74) is 0.713. The molecule has 0 spiro atoms. The van der Waals surface area contributed by atoms with Crippen LogP contribution in [0.25, 0.3) is 6.08 Å². The number of rotatable bonds is 5. The Labute approximate surface area is 158 Å². The second-order valence-corrected chi connectivity index (χ2v) is 6.52. The van der Waals surface area contributed by atoms with Gasteiger partial charge in [0.15, 0.2) is 17.2 Å². The molecule has 1 aliphatic heterocycles. The van der Waals surface area contributed by atoms with Crippen molar-refractivity contribution in [1.29, 1.82) is 0 Å². The molecule has 2 aromatic rings. The average molecular weight is 392 g/mol. The van der Waals surface area contributed by atoms with Crippen LogP contribution in [0.3, 0.4) is 0 Å². The highest BCUT2D eigenvalue weighted by Gasteiger charge is 2.25. The summed E-state index contributed by atoms with van der Waals surface area (Å²) >= 11 is 7.63. The Balaban J connectivity index is 1.97. The van der Waals surface area contributed by atoms with Crippen molar-refractivity contribution in [1.82, 2.24) is 0 Å². The summed E-state index contributed by atoms with van der Waals surface area (Å²) in [6.07, 6.45) is 1.54. The van der Waals surface area contributed by atoms with Gasteiger partial charge in [-0.3, -0.25) is 4.79 Å². The van der Waals surface area contributed by atoms with Crippen LogP contribution in [-0.4, -0.2) is 24.4 Å². The number of esters is 2. The summed E-state index contributed by atoms with van der Waals surface area (Å²) < 4.78 is 15.8. The molecule has 6 nitrogen and oxygen atoms in total. The van der Waals surface area contributed by atoms with Gasteiger partial charge in [0.1, 0.15) is 0 Å². The van der Waals surface area contributed by atoms with Crippen molar-refractivity contribution < 1.29 is 23.8 Å². The lowest BCUT2D eigenvalue weighted by atomic mass is 10.1. The molecule has 3 rings (SSSR count). The molecule has 0 unspecified atom stereocenters. The van der Waals surface area contributed by atoms with Crippen LogP contribution in [0.15, 0.2) is 40.3 Å². The number of ether oxygens (including phenoxy) is 3. The molecular formula is C18H14ClNO5S. The first kappa shape index (κ1) is 18.2. The standard InChI is InChI=1S/C18H14ClNO5S/c1-3-23-14-9-11(7-12(19)16(14)24-10(2)21)8-13-18(22)25-17(20-13)15-5-4-6-26-15/h4-9H,3H2,1-2H3/b13-8+. The van der Waals surface area contributed by atoms with Crippen LogP contribution >= 0.6 is 22.9 Å². The largest absolute Gasteiger partial charge is 0.490 e. The van der Waals surface area contributed by atoms with Crippen molar-refractivity contribution in [3.63, 3.8) is 0 Å². The van der Waals surface area contributed by atoms with Crippen LogP contribution in [0.2, 0.25) is 5.02 Å². The lowest BCUT2D eigenvalue weighted by Crippen LogP contribution is -2.05. The van der Waals surface area contributed by atoms with E-state index in [0.717, 1.165) is 4.88 Å². The molecule has 0 bridgehead atoms. The smallest absolute Gasteiger partial charge is 0.363 e. The van der Waals surface area contributed by atoms with Crippen LogP contribution in [0.5, 0.6) is 11.5 Å². The van der Waals surface area contributed by atoms with E-state index in [1.54, 1.807) is 19.1 Å². The van der Waals surface area contributed by atoms with Crippen LogP contribution in [-0.2, 0) is 14.3 Å². The maximum atomic E-state index is 12.1. The number of hydrogen-bond donors (Lipinski definition) is 0. The predicted molar refractivity (Wildman–Crippen MR) is 98.9 cm³/mol. The Bertz CT molecular complexity index is 918. The Morgan fingerprint density at radius 3 is 2.88 bits per heavy atom. The summed E-state index contributed by atoms with van der Waals surface area (Å²) in [5.74, 6) is -0.352. The maximum absolute atomic E-state index is 12.1. The molecule has 0 saturated carbocycles. The zero-order chi connectivity index (χ0) is 18.7. The lowest BCUT2D eigenvalue weighted by molar-refractivity contribution is -0.132. The summed E-state index contributed by atoms with van der Waals surface area (Å²) in [4.78, 5) is 28.3. The van der Waals surface area contributed by atoms with Crippen LogP contribution < -0.4 is 9.47 Å². The SMILES string of the molecule is CCOc1cc(/C=C2/N=C(c3cccs3)OC2=O)cc(Cl)c1OC(C)=O. The number of cyclic esters (lactones) is 1. The molecule has 134 valence electrons. The zero-order valence-corrected chi connectivity index (χ0v) is 15.5. The van der Waals surface area contributed by atoms with E-state index >= 15 is 0 Å². The highest BCUT2D eigenvalue weighted by molar-refractivity contribution is 7.12. The molecule has 26 heavy (non-hydrogen) atoms. The fraction of sp³-hybridized carbons (Fsp3) is 0.167. The number of nitrogens with zero attached hydrogens (tertiary/aromatic N) is 1. The van der Waals surface area contributed by atoms with Gasteiger partial charge in [-0.05, 0) is 42.1 Å². The van der Waals surface area contributed by atoms with E-state index < -0.39 is 11.9 Å². The van der Waals surface area contributed by atoms with Gasteiger partial charge in [0.05, 0.1) is 16.5 Å². The molecule has 1 aromatic carbocycles. The molecule has 0 aliphatic carbocycles. The van der Waals surface area contributed by atoms with Crippen LogP contribution in [0, 0.1) is 0 Å². The summed E-state index contributed by atoms with van der Waals surface area (Å²) in [6, 6.07) is 6.84. The van der Waals surface area contributed by atoms with E-state index in [2.05, 4.69) is 4.99 Å². The summed E-state index contributed by atoms with van der Waals surface area (Å²) in [5, 5.41) is 2.06. The van der Waals surface area contributed by atoms with E-state index in [1.165, 1.54) is 24.3 Å². The van der Waals surface area contributed by atoms with Crippen molar-refractivity contribution in [2.24, 2.45) is 4.99 Å². The minimum absolute atomic E-state index is 0.139. The molecule has 1 aliphatic rings. The van der Waals surface area contributed by atoms with Gasteiger partial charge >= 0.3 is 11.9 Å². The van der Waals surface area contributed by atoms with Gasteiger partial charge in [-0.15, -0.1) is 11.3 Å². The highest BCUT2D eigenvalue weighted by atomic mass is 35.5. The number of carbonyl (C=O) groups is 2. The molecular weight excluding hydrogens is 378 g/mol. The summed E-state index contributed by atoms with van der Waals surface area (Å²) in [7, 11) is 0. The summed E-state index contributed by atoms with van der Waals surface area (Å²) in [6.45, 7) is 3.42. The average Bonchev–Trinajstić information content (AvgIpc) is 3.21. The predicted octanol–water partition coefficient (Wildman–Crippen LogP) is 4.07. The molecule has 8 heteroatoms. The van der Waals surface area contributed by atoms with Crippen molar-refractivity contribution in [3.05, 3.63) is 50.8 Å². The van der Waals surface area contributed by atoms with E-state index in [0.29, 0.717) is 17.9 Å². The Hall–Kier alpha value is -2.64. The van der Waals surface area contributed by atoms with Crippen LogP contribution in [0.4, 0.5) is 0 Å². The number of halogens is 1. The van der Waals surface area contributed by atoms with Crippen molar-refractivity contribution in [2.45, 2.75) is 13.8 Å². The first-order valence-electron chi connectivity index (χ1n) is 7.69. The van der Waals surface area contributed by atoms with Gasteiger partial charge in [0.2, 0.25) is 5.90 Å². The topological polar surface area (TPSA) is 74.2 Å². The quantitative estimate of drug-likeness (QED) is 0.436. The molecule has 0 radical (unpaired) electrons. The normalized spacial score (nSPS) is 15.0. The minimum Gasteiger partial charge on any atom is -0.490 e. The lowest BCUT2D eigenvalue weighted by Gasteiger charge is -2.12. The first-order valence-corrected chi connectivity index (χ1v) is 8.95. The number of carbonyl (C=O) groups excluding carboxylic acids is 2. The van der Waals surface area contributed by atoms with Crippen LogP contribution in [0.1, 0.15) is 24.3 Å². The van der Waals surface area contributed by atoms with Gasteiger partial charge in [0, 0.05) is 6.92 Å². The van der Waals surface area contributed by atoms with Gasteiger partial charge in [-0.2, -0.15) is 0 Å². The third-order valence-electron chi connectivity index (χ3n) is 3.23. The molecule has 0 amide bonds. The van der Waals surface area contributed by atoms with Crippen molar-refractivity contribution >= 4 is 46.9 Å². The van der Waals surface area contributed by atoms with E-state index in [1.807, 2.05) is 17.5 Å². The second kappa shape index (κ2) is 7.72. The van der Waals surface area contributed by atoms with Gasteiger partial charge in [0.25, 0.3) is 0 Å². The Kier molecular flexibility index (Phi) is 5.39. The number of aliphatic imine (C=N–C) groups is 1. The van der Waals surface area contributed by atoms with E-state index in [4.69, 9.17) is 25.8 Å². The van der Waals surface area contributed by atoms with Gasteiger partial charge in [-0.25, -0.2) is 9.79 Å². The second-order valence-electron chi connectivity index (χ2n) is 5.17. The monoisotopic (exact) mass is 391 g/mol. The number of benzene rings is 1. The number of thiophene rings is 1. The molecule has 0 atom stereocenters. The first-order chi connectivity index (χ1) is 12.5. The van der Waals surface area contributed by atoms with Crippen molar-refractivity contribution in [2.75, 3.05) is 6.61 Å². The zero-order valence-electron chi connectivity index (χ0n) is 13.9. The fourth-order valence-corrected chi connectivity index (χ4v) is 3.16.